The van der Waals surface area contributed by atoms with Crippen LogP contribution in [0, 0.1) is 11.6 Å². The second-order valence-electron chi connectivity index (χ2n) is 7.65. The number of halogens is 3. The molecule has 0 fully saturated rings. The molecule has 0 atom stereocenters. The van der Waals surface area contributed by atoms with Crippen LogP contribution in [0.25, 0.3) is 16.6 Å². The average molecular weight is 474 g/mol. The number of benzene rings is 4. The van der Waals surface area contributed by atoms with Crippen molar-refractivity contribution in [2.24, 2.45) is 0 Å². The molecule has 0 radical (unpaired) electrons. The fourth-order valence-corrected chi connectivity index (χ4v) is 4.15. The Bertz CT molecular complexity index is 1550. The summed E-state index contributed by atoms with van der Waals surface area (Å²) in [6.07, 6.45) is 0. The Hall–Kier alpha value is -4.03. The third-order valence-corrected chi connectivity index (χ3v) is 5.82. The maximum atomic E-state index is 14.9. The summed E-state index contributed by atoms with van der Waals surface area (Å²) in [4.78, 5) is 20.0. The molecule has 0 spiro atoms. The summed E-state index contributed by atoms with van der Waals surface area (Å²) in [5.74, 6) is -0.632. The fourth-order valence-electron chi connectivity index (χ4n) is 3.93. The van der Waals surface area contributed by atoms with Gasteiger partial charge in [0.25, 0.3) is 5.56 Å². The van der Waals surface area contributed by atoms with Crippen LogP contribution in [0.15, 0.2) is 102 Å². The Morgan fingerprint density at radius 2 is 1.56 bits per heavy atom. The summed E-state index contributed by atoms with van der Waals surface area (Å²) in [7, 11) is 0. The smallest absolute Gasteiger partial charge is 0.266 e. The van der Waals surface area contributed by atoms with E-state index in [0.717, 1.165) is 6.07 Å². The first-order valence-electron chi connectivity index (χ1n) is 10.6. The molecule has 0 saturated carbocycles. The van der Waals surface area contributed by atoms with Gasteiger partial charge in [0.15, 0.2) is 0 Å². The number of hydrogen-bond donors (Lipinski definition) is 0. The van der Waals surface area contributed by atoms with Gasteiger partial charge in [-0.2, -0.15) is 0 Å². The van der Waals surface area contributed by atoms with Crippen LogP contribution in [0.3, 0.4) is 0 Å². The van der Waals surface area contributed by atoms with Crippen molar-refractivity contribution < 1.29 is 8.78 Å². The topological polar surface area (TPSA) is 38.1 Å². The van der Waals surface area contributed by atoms with E-state index in [9.17, 15) is 13.6 Å². The second kappa shape index (κ2) is 9.08. The molecular weight excluding hydrogens is 456 g/mol. The maximum Gasteiger partial charge on any atom is 0.266 e. The summed E-state index contributed by atoms with van der Waals surface area (Å²) in [6.45, 7) is 0.0543. The molecule has 5 rings (SSSR count). The molecule has 34 heavy (non-hydrogen) atoms. The number of nitrogens with zero attached hydrogens (tertiary/aromatic N) is 3. The number of aromatic nitrogens is 2. The van der Waals surface area contributed by atoms with Gasteiger partial charge in [-0.15, -0.1) is 0 Å². The van der Waals surface area contributed by atoms with E-state index < -0.39 is 17.2 Å². The van der Waals surface area contributed by atoms with Gasteiger partial charge in [0.2, 0.25) is 0 Å². The minimum absolute atomic E-state index is 0.0543. The van der Waals surface area contributed by atoms with Gasteiger partial charge in [0.05, 0.1) is 33.8 Å². The van der Waals surface area contributed by atoms with E-state index in [2.05, 4.69) is 4.98 Å². The van der Waals surface area contributed by atoms with Crippen molar-refractivity contribution in [3.8, 4) is 5.69 Å². The van der Waals surface area contributed by atoms with Crippen molar-refractivity contribution in [2.75, 3.05) is 4.90 Å². The number of anilines is 2. The van der Waals surface area contributed by atoms with Gasteiger partial charge < -0.3 is 4.90 Å². The molecule has 168 valence electrons. The van der Waals surface area contributed by atoms with Crippen LogP contribution in [0.4, 0.5) is 20.2 Å². The second-order valence-corrected chi connectivity index (χ2v) is 8.06. The van der Waals surface area contributed by atoms with Crippen LogP contribution >= 0.6 is 11.6 Å². The summed E-state index contributed by atoms with van der Waals surface area (Å²) in [5.41, 5.74) is 1.32. The van der Waals surface area contributed by atoms with Crippen molar-refractivity contribution >= 4 is 33.9 Å². The Balaban J connectivity index is 1.77. The Kier molecular flexibility index (Phi) is 5.82. The predicted octanol–water partition coefficient (Wildman–Crippen LogP) is 6.66. The van der Waals surface area contributed by atoms with Crippen LogP contribution in [0.1, 0.15) is 5.82 Å². The number of fused-ring (bicyclic) bond motifs is 1. The largest absolute Gasteiger partial charge is 0.331 e. The monoisotopic (exact) mass is 473 g/mol. The molecular formula is C27H18ClF2N3O. The van der Waals surface area contributed by atoms with E-state index in [1.54, 1.807) is 47.4 Å². The highest BCUT2D eigenvalue weighted by molar-refractivity contribution is 6.32. The first-order valence-corrected chi connectivity index (χ1v) is 10.9. The van der Waals surface area contributed by atoms with Crippen LogP contribution in [0.2, 0.25) is 5.02 Å². The molecule has 0 unspecified atom stereocenters. The summed E-state index contributed by atoms with van der Waals surface area (Å²) < 4.78 is 30.2. The zero-order valence-electron chi connectivity index (χ0n) is 17.8. The summed E-state index contributed by atoms with van der Waals surface area (Å²) in [5, 5.41) is 0.460. The molecule has 0 bridgehead atoms. The molecule has 0 amide bonds. The van der Waals surface area contributed by atoms with Crippen molar-refractivity contribution in [3.63, 3.8) is 0 Å². The van der Waals surface area contributed by atoms with Crippen LogP contribution < -0.4 is 10.5 Å². The standard InChI is InChI=1S/C27H18ClF2N3O/c28-21-10-4-6-12-24(21)33-26(31-23-15-14-18(29)16-20(23)27(33)34)17-32(19-8-2-1-3-9-19)25-13-7-5-11-22(25)30/h1-16H,17H2. The number of rotatable bonds is 5. The molecule has 0 N–H and O–H groups in total. The summed E-state index contributed by atoms with van der Waals surface area (Å²) >= 11 is 6.45. The number of hydrogen-bond acceptors (Lipinski definition) is 3. The molecule has 7 heteroatoms. The van der Waals surface area contributed by atoms with Gasteiger partial charge in [0, 0.05) is 5.69 Å². The Labute approximate surface area is 199 Å². The third-order valence-electron chi connectivity index (χ3n) is 5.50. The van der Waals surface area contributed by atoms with E-state index >= 15 is 0 Å². The van der Waals surface area contributed by atoms with Gasteiger partial charge in [0.1, 0.15) is 17.5 Å². The van der Waals surface area contributed by atoms with Gasteiger partial charge in [-0.1, -0.05) is 54.1 Å². The fraction of sp³-hybridized carbons (Fsp3) is 0.0370. The van der Waals surface area contributed by atoms with Crippen molar-refractivity contribution in [2.45, 2.75) is 6.54 Å². The molecule has 0 aliphatic heterocycles. The van der Waals surface area contributed by atoms with Crippen molar-refractivity contribution in [3.05, 3.63) is 130 Å². The van der Waals surface area contributed by atoms with E-state index in [0.29, 0.717) is 33.4 Å². The van der Waals surface area contributed by atoms with Gasteiger partial charge in [-0.25, -0.2) is 13.8 Å². The van der Waals surface area contributed by atoms with Gasteiger partial charge >= 0.3 is 0 Å². The van der Waals surface area contributed by atoms with E-state index in [4.69, 9.17) is 11.6 Å². The van der Waals surface area contributed by atoms with Gasteiger partial charge in [-0.3, -0.25) is 9.36 Å². The van der Waals surface area contributed by atoms with Crippen LogP contribution in [-0.4, -0.2) is 9.55 Å². The van der Waals surface area contributed by atoms with Crippen molar-refractivity contribution in [1.29, 1.82) is 0 Å². The maximum absolute atomic E-state index is 14.9. The quantitative estimate of drug-likeness (QED) is 0.286. The van der Waals surface area contributed by atoms with Crippen LogP contribution in [-0.2, 0) is 6.54 Å². The molecule has 0 aliphatic rings. The first-order chi connectivity index (χ1) is 16.5. The molecule has 0 saturated heterocycles. The lowest BCUT2D eigenvalue weighted by molar-refractivity contribution is 0.622. The van der Waals surface area contributed by atoms with E-state index in [1.807, 2.05) is 30.3 Å². The third kappa shape index (κ3) is 4.04. The lowest BCUT2D eigenvalue weighted by atomic mass is 10.2. The predicted molar refractivity (Wildman–Crippen MR) is 131 cm³/mol. The van der Waals surface area contributed by atoms with Crippen LogP contribution in [0.5, 0.6) is 0 Å². The molecule has 1 heterocycles. The van der Waals surface area contributed by atoms with Crippen molar-refractivity contribution in [1.82, 2.24) is 9.55 Å². The lowest BCUT2D eigenvalue weighted by Gasteiger charge is -2.26. The highest BCUT2D eigenvalue weighted by atomic mass is 35.5. The SMILES string of the molecule is O=c1c2cc(F)ccc2nc(CN(c2ccccc2)c2ccccc2F)n1-c1ccccc1Cl. The summed E-state index contributed by atoms with van der Waals surface area (Å²) in [6, 6.07) is 26.4. The molecule has 4 aromatic carbocycles. The molecule has 5 aromatic rings. The lowest BCUT2D eigenvalue weighted by Crippen LogP contribution is -2.29. The molecule has 1 aromatic heterocycles. The number of para-hydroxylation sites is 3. The highest BCUT2D eigenvalue weighted by Crippen LogP contribution is 2.30. The van der Waals surface area contributed by atoms with Gasteiger partial charge in [-0.05, 0) is 54.6 Å². The Morgan fingerprint density at radius 3 is 2.32 bits per heavy atom. The minimum atomic E-state index is -0.540. The Morgan fingerprint density at radius 1 is 0.853 bits per heavy atom. The zero-order valence-corrected chi connectivity index (χ0v) is 18.6. The molecule has 0 aliphatic carbocycles. The molecule has 4 nitrogen and oxygen atoms in total. The van der Waals surface area contributed by atoms with E-state index in [1.165, 1.54) is 22.8 Å². The van der Waals surface area contributed by atoms with E-state index in [-0.39, 0.29) is 11.9 Å². The normalized spacial score (nSPS) is 11.0. The highest BCUT2D eigenvalue weighted by Gasteiger charge is 2.20. The first kappa shape index (κ1) is 21.8. The average Bonchev–Trinajstić information content (AvgIpc) is 2.85. The minimum Gasteiger partial charge on any atom is -0.331 e. The zero-order chi connectivity index (χ0) is 23.7.